The molecule has 1 amide bonds. The highest BCUT2D eigenvalue weighted by atomic mass is 32.2. The van der Waals surface area contributed by atoms with Gasteiger partial charge in [0.1, 0.15) is 5.60 Å². The molecule has 1 fully saturated rings. The molecule has 0 radical (unpaired) electrons. The number of rotatable bonds is 2. The molecule has 1 aliphatic carbocycles. The Bertz CT molecular complexity index is 294. The topological polar surface area (TPSA) is 38.3 Å². The summed E-state index contributed by atoms with van der Waals surface area (Å²) in [7, 11) is 0. The van der Waals surface area contributed by atoms with Crippen molar-refractivity contribution in [2.75, 3.05) is 12.9 Å². The van der Waals surface area contributed by atoms with Crippen molar-refractivity contribution in [1.29, 1.82) is 0 Å². The van der Waals surface area contributed by atoms with Gasteiger partial charge in [0.25, 0.3) is 5.91 Å². The Labute approximate surface area is 88.3 Å². The van der Waals surface area contributed by atoms with Crippen molar-refractivity contribution in [3.8, 4) is 0 Å². The predicted molar refractivity (Wildman–Crippen MR) is 56.9 cm³/mol. The molecule has 1 spiro atoms. The van der Waals surface area contributed by atoms with Crippen LogP contribution >= 0.6 is 11.8 Å². The molecular formula is C10H15NO2S. The highest BCUT2D eigenvalue weighted by Gasteiger charge is 2.52. The molecule has 1 aliphatic heterocycles. The average Bonchev–Trinajstić information content (AvgIpc) is 2.98. The van der Waals surface area contributed by atoms with E-state index in [0.29, 0.717) is 6.61 Å². The van der Waals surface area contributed by atoms with Crippen LogP contribution in [0.5, 0.6) is 0 Å². The second kappa shape index (κ2) is 3.59. The molecule has 1 heterocycles. The van der Waals surface area contributed by atoms with Crippen LogP contribution in [0.4, 0.5) is 0 Å². The third-order valence-electron chi connectivity index (χ3n) is 2.82. The predicted octanol–water partition coefficient (Wildman–Crippen LogP) is 1.65. The Morgan fingerprint density at radius 2 is 2.29 bits per heavy atom. The summed E-state index contributed by atoms with van der Waals surface area (Å²) in [5.74, 6) is 0.0466. The van der Waals surface area contributed by atoms with Gasteiger partial charge >= 0.3 is 0 Å². The summed E-state index contributed by atoms with van der Waals surface area (Å²) in [5, 5.41) is 3.95. The van der Waals surface area contributed by atoms with Crippen molar-refractivity contribution in [3.05, 3.63) is 10.6 Å². The van der Waals surface area contributed by atoms with Gasteiger partial charge in [-0.1, -0.05) is 6.92 Å². The normalized spacial score (nSPS) is 24.9. The fourth-order valence-electron chi connectivity index (χ4n) is 1.60. The minimum atomic E-state index is -0.474. The number of nitrogens with one attached hydrogen (secondary N) is 1. The van der Waals surface area contributed by atoms with Crippen molar-refractivity contribution in [2.45, 2.75) is 31.8 Å². The number of carbonyl (C=O) groups is 1. The zero-order chi connectivity index (χ0) is 10.2. The number of hydrogen-bond donors (Lipinski definition) is 1. The summed E-state index contributed by atoms with van der Waals surface area (Å²) in [6, 6.07) is 0. The molecule has 1 N–H and O–H groups in total. The molecule has 3 nitrogen and oxygen atoms in total. The highest BCUT2D eigenvalue weighted by Crippen LogP contribution is 2.42. The standard InChI is InChI=1S/C10H15NO2S/c1-3-7-6-13-10(4-5-10)9(12)11-8(7)14-2/h3-6H2,1-2H3,(H,11,12). The van der Waals surface area contributed by atoms with Gasteiger partial charge in [0, 0.05) is 0 Å². The van der Waals surface area contributed by atoms with Gasteiger partial charge in [-0.2, -0.15) is 0 Å². The SMILES string of the molecule is CCC1=C(SC)NC(=O)C2(CC2)OC1. The first-order chi connectivity index (χ1) is 6.72. The van der Waals surface area contributed by atoms with Gasteiger partial charge in [-0.15, -0.1) is 11.8 Å². The van der Waals surface area contributed by atoms with Gasteiger partial charge in [0.15, 0.2) is 0 Å². The van der Waals surface area contributed by atoms with Crippen molar-refractivity contribution in [2.24, 2.45) is 0 Å². The van der Waals surface area contributed by atoms with Crippen LogP contribution in [0.25, 0.3) is 0 Å². The van der Waals surface area contributed by atoms with Crippen molar-refractivity contribution < 1.29 is 9.53 Å². The zero-order valence-corrected chi connectivity index (χ0v) is 9.37. The Morgan fingerprint density at radius 1 is 1.57 bits per heavy atom. The number of ether oxygens (including phenoxy) is 1. The first kappa shape index (κ1) is 10.1. The van der Waals surface area contributed by atoms with Gasteiger partial charge in [-0.25, -0.2) is 0 Å². The molecule has 0 bridgehead atoms. The Hall–Kier alpha value is -0.480. The van der Waals surface area contributed by atoms with Crippen LogP contribution in [0.3, 0.4) is 0 Å². The van der Waals surface area contributed by atoms with Gasteiger partial charge in [0.05, 0.1) is 11.6 Å². The molecule has 0 aromatic heterocycles. The van der Waals surface area contributed by atoms with Gasteiger partial charge in [0.2, 0.25) is 0 Å². The quantitative estimate of drug-likeness (QED) is 0.758. The average molecular weight is 213 g/mol. The molecule has 2 aliphatic rings. The molecular weight excluding hydrogens is 198 g/mol. The lowest BCUT2D eigenvalue weighted by Gasteiger charge is -2.11. The summed E-state index contributed by atoms with van der Waals surface area (Å²) in [5.41, 5.74) is 0.729. The van der Waals surface area contributed by atoms with Crippen LogP contribution in [0, 0.1) is 0 Å². The molecule has 0 saturated heterocycles. The summed E-state index contributed by atoms with van der Waals surface area (Å²) >= 11 is 1.59. The molecule has 0 aromatic rings. The largest absolute Gasteiger partial charge is 0.361 e. The molecule has 78 valence electrons. The number of hydrogen-bond acceptors (Lipinski definition) is 3. The van der Waals surface area contributed by atoms with E-state index in [4.69, 9.17) is 4.74 Å². The van der Waals surface area contributed by atoms with Gasteiger partial charge in [-0.3, -0.25) is 4.79 Å². The number of carbonyl (C=O) groups excluding carboxylic acids is 1. The van der Waals surface area contributed by atoms with E-state index < -0.39 is 5.60 Å². The van der Waals surface area contributed by atoms with Crippen molar-refractivity contribution in [1.82, 2.24) is 5.32 Å². The fourth-order valence-corrected chi connectivity index (χ4v) is 2.29. The van der Waals surface area contributed by atoms with E-state index >= 15 is 0 Å². The van der Waals surface area contributed by atoms with E-state index in [-0.39, 0.29) is 5.91 Å². The Balaban J connectivity index is 2.20. The highest BCUT2D eigenvalue weighted by molar-refractivity contribution is 8.02. The maximum Gasteiger partial charge on any atom is 0.257 e. The lowest BCUT2D eigenvalue weighted by molar-refractivity contribution is -0.133. The third-order valence-corrected chi connectivity index (χ3v) is 3.62. The molecule has 2 rings (SSSR count). The third kappa shape index (κ3) is 1.57. The number of thioether (sulfide) groups is 1. The zero-order valence-electron chi connectivity index (χ0n) is 8.55. The lowest BCUT2D eigenvalue weighted by atomic mass is 10.2. The summed E-state index contributed by atoms with van der Waals surface area (Å²) in [4.78, 5) is 11.7. The molecule has 0 aromatic carbocycles. The first-order valence-corrected chi connectivity index (χ1v) is 6.16. The smallest absolute Gasteiger partial charge is 0.257 e. The maximum absolute atomic E-state index is 11.7. The van der Waals surface area contributed by atoms with Crippen LogP contribution in [-0.2, 0) is 9.53 Å². The fraction of sp³-hybridized carbons (Fsp3) is 0.700. The van der Waals surface area contributed by atoms with E-state index in [9.17, 15) is 4.79 Å². The summed E-state index contributed by atoms with van der Waals surface area (Å²) in [6.07, 6.45) is 4.66. The molecule has 1 saturated carbocycles. The van der Waals surface area contributed by atoms with E-state index in [1.807, 2.05) is 6.26 Å². The first-order valence-electron chi connectivity index (χ1n) is 4.93. The maximum atomic E-state index is 11.7. The van der Waals surface area contributed by atoms with E-state index in [1.165, 1.54) is 5.57 Å². The Kier molecular flexibility index (Phi) is 2.58. The van der Waals surface area contributed by atoms with E-state index in [0.717, 1.165) is 24.3 Å². The van der Waals surface area contributed by atoms with E-state index in [2.05, 4.69) is 12.2 Å². The Morgan fingerprint density at radius 3 is 2.79 bits per heavy atom. The van der Waals surface area contributed by atoms with Crippen LogP contribution < -0.4 is 5.32 Å². The molecule has 4 heteroatoms. The van der Waals surface area contributed by atoms with Gasteiger partial charge < -0.3 is 10.1 Å². The van der Waals surface area contributed by atoms with Crippen molar-refractivity contribution >= 4 is 17.7 Å². The molecule has 0 unspecified atom stereocenters. The second-order valence-corrected chi connectivity index (χ2v) is 4.54. The summed E-state index contributed by atoms with van der Waals surface area (Å²) < 4.78 is 5.67. The van der Waals surface area contributed by atoms with Crippen LogP contribution in [0.15, 0.2) is 10.6 Å². The minimum absolute atomic E-state index is 0.0466. The lowest BCUT2D eigenvalue weighted by Crippen LogP contribution is -2.35. The van der Waals surface area contributed by atoms with Crippen LogP contribution in [-0.4, -0.2) is 24.4 Å². The monoisotopic (exact) mass is 213 g/mol. The summed E-state index contributed by atoms with van der Waals surface area (Å²) in [6.45, 7) is 2.69. The van der Waals surface area contributed by atoms with Crippen molar-refractivity contribution in [3.63, 3.8) is 0 Å². The molecule has 14 heavy (non-hydrogen) atoms. The number of amides is 1. The minimum Gasteiger partial charge on any atom is -0.361 e. The van der Waals surface area contributed by atoms with Crippen LogP contribution in [0.2, 0.25) is 0 Å². The van der Waals surface area contributed by atoms with Crippen LogP contribution in [0.1, 0.15) is 26.2 Å². The molecule has 0 atom stereocenters. The second-order valence-electron chi connectivity index (χ2n) is 3.73. The van der Waals surface area contributed by atoms with E-state index in [1.54, 1.807) is 11.8 Å². The van der Waals surface area contributed by atoms with Gasteiger partial charge in [-0.05, 0) is 31.1 Å².